The minimum Gasteiger partial charge on any atom is -0.477 e. The third kappa shape index (κ3) is 2.23. The van der Waals surface area contributed by atoms with E-state index in [1.54, 1.807) is 6.07 Å². The Bertz CT molecular complexity index is 362. The first-order valence-corrected chi connectivity index (χ1v) is 3.77. The number of nitriles is 1. The van der Waals surface area contributed by atoms with Crippen LogP contribution in [0.15, 0.2) is 12.1 Å². The van der Waals surface area contributed by atoms with E-state index in [0.29, 0.717) is 0 Å². The first-order valence-electron chi connectivity index (χ1n) is 3.39. The number of hydrogen-bond donors (Lipinski definition) is 1. The Labute approximate surface area is 79.5 Å². The third-order valence-corrected chi connectivity index (χ3v) is 1.64. The zero-order valence-electron chi connectivity index (χ0n) is 6.55. The van der Waals surface area contributed by atoms with Crippen LogP contribution in [0.5, 0.6) is 5.75 Å². The molecule has 0 unspecified atom stereocenters. The third-order valence-electron chi connectivity index (χ3n) is 1.34. The lowest BCUT2D eigenvalue weighted by molar-refractivity contribution is 0.368. The van der Waals surface area contributed by atoms with Crippen LogP contribution in [-0.4, -0.2) is 6.61 Å². The molecule has 0 aromatic heterocycles. The van der Waals surface area contributed by atoms with E-state index in [9.17, 15) is 4.39 Å². The Hall–Kier alpha value is -1.47. The van der Waals surface area contributed by atoms with E-state index in [1.807, 2.05) is 0 Å². The number of halogens is 2. The van der Waals surface area contributed by atoms with Crippen molar-refractivity contribution in [3.8, 4) is 11.8 Å². The normalized spacial score (nSPS) is 9.31. The second-order valence-corrected chi connectivity index (χ2v) is 2.66. The van der Waals surface area contributed by atoms with Crippen LogP contribution in [0.4, 0.5) is 10.1 Å². The van der Waals surface area contributed by atoms with Gasteiger partial charge in [-0.15, -0.1) is 0 Å². The first-order chi connectivity index (χ1) is 6.15. The average molecular weight is 201 g/mol. The van der Waals surface area contributed by atoms with Crippen molar-refractivity contribution < 1.29 is 9.13 Å². The van der Waals surface area contributed by atoms with E-state index in [4.69, 9.17) is 27.3 Å². The van der Waals surface area contributed by atoms with Crippen molar-refractivity contribution in [2.45, 2.75) is 0 Å². The van der Waals surface area contributed by atoms with Crippen LogP contribution in [0, 0.1) is 17.1 Å². The van der Waals surface area contributed by atoms with Crippen LogP contribution in [0.1, 0.15) is 0 Å². The van der Waals surface area contributed by atoms with Gasteiger partial charge in [0, 0.05) is 6.07 Å². The zero-order chi connectivity index (χ0) is 9.84. The second kappa shape index (κ2) is 3.97. The summed E-state index contributed by atoms with van der Waals surface area (Å²) in [6.07, 6.45) is 0. The number of nitrogens with zero attached hydrogens (tertiary/aromatic N) is 1. The number of nitrogen functional groups attached to an aromatic ring is 1. The van der Waals surface area contributed by atoms with Crippen molar-refractivity contribution in [1.29, 1.82) is 5.26 Å². The van der Waals surface area contributed by atoms with Crippen molar-refractivity contribution in [2.75, 3.05) is 12.3 Å². The summed E-state index contributed by atoms with van der Waals surface area (Å²) in [4.78, 5) is 0. The molecule has 2 N–H and O–H groups in total. The van der Waals surface area contributed by atoms with Crippen LogP contribution in [-0.2, 0) is 0 Å². The van der Waals surface area contributed by atoms with E-state index in [0.717, 1.165) is 6.07 Å². The lowest BCUT2D eigenvalue weighted by atomic mass is 10.3. The fourth-order valence-electron chi connectivity index (χ4n) is 0.765. The number of hydrogen-bond acceptors (Lipinski definition) is 3. The smallest absolute Gasteiger partial charge is 0.174 e. The molecule has 0 saturated heterocycles. The quantitative estimate of drug-likeness (QED) is 0.743. The largest absolute Gasteiger partial charge is 0.477 e. The fraction of sp³-hybridized carbons (Fsp3) is 0.125. The summed E-state index contributed by atoms with van der Waals surface area (Å²) in [5, 5.41) is 8.32. The second-order valence-electron chi connectivity index (χ2n) is 2.25. The Morgan fingerprint density at radius 3 is 2.92 bits per heavy atom. The average Bonchev–Trinajstić information content (AvgIpc) is 2.09. The Balaban J connectivity index is 2.96. The molecule has 0 radical (unpaired) electrons. The number of anilines is 1. The molecule has 0 heterocycles. The van der Waals surface area contributed by atoms with Gasteiger partial charge in [0.1, 0.15) is 17.6 Å². The summed E-state index contributed by atoms with van der Waals surface area (Å²) in [7, 11) is 0. The van der Waals surface area contributed by atoms with Gasteiger partial charge in [0.05, 0.1) is 10.7 Å². The van der Waals surface area contributed by atoms with Gasteiger partial charge in [0.25, 0.3) is 0 Å². The van der Waals surface area contributed by atoms with Crippen LogP contribution in [0.2, 0.25) is 5.02 Å². The highest BCUT2D eigenvalue weighted by Crippen LogP contribution is 2.28. The molecule has 1 aromatic rings. The lowest BCUT2D eigenvalue weighted by Crippen LogP contribution is -1.97. The molecular weight excluding hydrogens is 195 g/mol. The summed E-state index contributed by atoms with van der Waals surface area (Å²) in [5.74, 6) is -0.392. The highest BCUT2D eigenvalue weighted by atomic mass is 35.5. The molecule has 0 fully saturated rings. The minimum atomic E-state index is -0.602. The molecule has 5 heteroatoms. The van der Waals surface area contributed by atoms with Crippen LogP contribution >= 0.6 is 11.6 Å². The van der Waals surface area contributed by atoms with Gasteiger partial charge in [-0.3, -0.25) is 0 Å². The van der Waals surface area contributed by atoms with Crippen LogP contribution in [0.25, 0.3) is 0 Å². The monoisotopic (exact) mass is 200 g/mol. The molecule has 0 atom stereocenters. The Kier molecular flexibility index (Phi) is 2.93. The van der Waals surface area contributed by atoms with Gasteiger partial charge in [-0.2, -0.15) is 5.26 Å². The van der Waals surface area contributed by atoms with Gasteiger partial charge in [0.15, 0.2) is 6.61 Å². The topological polar surface area (TPSA) is 59.0 Å². The maximum atomic E-state index is 12.8. The van der Waals surface area contributed by atoms with Crippen molar-refractivity contribution in [3.63, 3.8) is 0 Å². The molecule has 0 aliphatic heterocycles. The van der Waals surface area contributed by atoms with E-state index in [2.05, 4.69) is 0 Å². The fourth-order valence-corrected chi connectivity index (χ4v) is 0.970. The summed E-state index contributed by atoms with van der Waals surface area (Å²) in [6.45, 7) is -0.148. The zero-order valence-corrected chi connectivity index (χ0v) is 7.31. The SMILES string of the molecule is N#CCOc1cc(N)c(F)cc1Cl. The number of benzene rings is 1. The predicted octanol–water partition coefficient (Wildman–Crippen LogP) is 1.96. The van der Waals surface area contributed by atoms with Gasteiger partial charge < -0.3 is 10.5 Å². The molecule has 0 aliphatic carbocycles. The highest BCUT2D eigenvalue weighted by molar-refractivity contribution is 6.32. The van der Waals surface area contributed by atoms with E-state index in [-0.39, 0.29) is 23.1 Å². The summed E-state index contributed by atoms with van der Waals surface area (Å²) in [5.41, 5.74) is 5.21. The standard InChI is InChI=1S/C8H6ClFN2O/c9-5-3-6(10)7(12)4-8(5)13-2-1-11/h3-4H,2,12H2. The molecule has 13 heavy (non-hydrogen) atoms. The van der Waals surface area contributed by atoms with Gasteiger partial charge in [0.2, 0.25) is 0 Å². The molecule has 1 rings (SSSR count). The van der Waals surface area contributed by atoms with E-state index in [1.165, 1.54) is 6.07 Å². The van der Waals surface area contributed by atoms with Crippen molar-refractivity contribution in [2.24, 2.45) is 0 Å². The number of nitrogens with two attached hydrogens (primary N) is 1. The maximum Gasteiger partial charge on any atom is 0.174 e. The molecule has 0 saturated carbocycles. The predicted molar refractivity (Wildman–Crippen MR) is 46.9 cm³/mol. The minimum absolute atomic E-state index is 0.0580. The van der Waals surface area contributed by atoms with Crippen molar-refractivity contribution in [1.82, 2.24) is 0 Å². The first kappa shape index (κ1) is 9.62. The van der Waals surface area contributed by atoms with Crippen LogP contribution < -0.4 is 10.5 Å². The molecule has 0 bridgehead atoms. The highest BCUT2D eigenvalue weighted by Gasteiger charge is 2.06. The van der Waals surface area contributed by atoms with Gasteiger partial charge in [-0.05, 0) is 6.07 Å². The summed E-state index contributed by atoms with van der Waals surface area (Å²) >= 11 is 5.61. The summed E-state index contributed by atoms with van der Waals surface area (Å²) in [6, 6.07) is 4.05. The lowest BCUT2D eigenvalue weighted by Gasteiger charge is -2.05. The number of rotatable bonds is 2. The Morgan fingerprint density at radius 2 is 2.31 bits per heavy atom. The molecule has 0 aliphatic rings. The molecule has 68 valence electrons. The summed E-state index contributed by atoms with van der Waals surface area (Å²) < 4.78 is 17.6. The molecule has 0 amide bonds. The van der Waals surface area contributed by atoms with Gasteiger partial charge in [-0.1, -0.05) is 11.6 Å². The molecular formula is C8H6ClFN2O. The Morgan fingerprint density at radius 1 is 1.62 bits per heavy atom. The van der Waals surface area contributed by atoms with Crippen molar-refractivity contribution >= 4 is 17.3 Å². The molecule has 1 aromatic carbocycles. The van der Waals surface area contributed by atoms with E-state index >= 15 is 0 Å². The number of ether oxygens (including phenoxy) is 1. The van der Waals surface area contributed by atoms with E-state index < -0.39 is 5.82 Å². The van der Waals surface area contributed by atoms with Gasteiger partial charge >= 0.3 is 0 Å². The molecule has 3 nitrogen and oxygen atoms in total. The maximum absolute atomic E-state index is 12.8. The molecule has 0 spiro atoms. The van der Waals surface area contributed by atoms with Crippen LogP contribution in [0.3, 0.4) is 0 Å². The van der Waals surface area contributed by atoms with Gasteiger partial charge in [-0.25, -0.2) is 4.39 Å². The van der Waals surface area contributed by atoms with Crippen molar-refractivity contribution in [3.05, 3.63) is 23.0 Å².